The van der Waals surface area contributed by atoms with Crippen molar-refractivity contribution in [2.75, 3.05) is 23.0 Å². The third-order valence-electron chi connectivity index (χ3n) is 4.86. The zero-order valence-corrected chi connectivity index (χ0v) is 18.6. The first-order valence-corrected chi connectivity index (χ1v) is 11.9. The van der Waals surface area contributed by atoms with Crippen molar-refractivity contribution in [1.82, 2.24) is 0 Å². The molecule has 0 unspecified atom stereocenters. The molecule has 6 heteroatoms. The Hall–Kier alpha value is 1.32. The number of hydrogen-bond acceptors (Lipinski definition) is 6. The topological polar surface area (TPSA) is 40.5 Å². The van der Waals surface area contributed by atoms with Gasteiger partial charge in [-0.05, 0) is 100 Å². The first-order valence-electron chi connectivity index (χ1n) is 9.38. The fourth-order valence-corrected chi connectivity index (χ4v) is 4.19. The van der Waals surface area contributed by atoms with E-state index < -0.39 is 11.2 Å². The van der Waals surface area contributed by atoms with Crippen LogP contribution in [0.1, 0.15) is 77.0 Å². The lowest BCUT2D eigenvalue weighted by atomic mass is 9.71. The molecule has 0 bridgehead atoms. The zero-order chi connectivity index (χ0) is 18.3. The minimum absolute atomic E-state index is 0.651. The molecule has 0 aromatic rings. The van der Waals surface area contributed by atoms with Crippen LogP contribution >= 0.6 is 50.5 Å². The van der Waals surface area contributed by atoms with E-state index in [1.165, 1.54) is 0 Å². The lowest BCUT2D eigenvalue weighted by Gasteiger charge is -2.45. The van der Waals surface area contributed by atoms with Crippen LogP contribution in [0.2, 0.25) is 0 Å². The van der Waals surface area contributed by atoms with Gasteiger partial charge in [0.2, 0.25) is 0 Å². The third-order valence-corrected chi connectivity index (χ3v) is 6.13. The summed E-state index contributed by atoms with van der Waals surface area (Å²) in [5.41, 5.74) is -2.02. The van der Waals surface area contributed by atoms with E-state index in [2.05, 4.69) is 50.5 Å². The van der Waals surface area contributed by atoms with Crippen molar-refractivity contribution in [2.24, 2.45) is 0 Å². The fourth-order valence-electron chi connectivity index (χ4n) is 3.30. The molecule has 0 aliphatic carbocycles. The molecule has 0 aromatic carbocycles. The smallest absolute Gasteiger partial charge is 0.0933 e. The first kappa shape index (κ1) is 25.3. The monoisotopic (exact) mass is 414 g/mol. The summed E-state index contributed by atoms with van der Waals surface area (Å²) in [6.07, 6.45) is 10.1. The van der Waals surface area contributed by atoms with Crippen LogP contribution in [0.4, 0.5) is 0 Å². The summed E-state index contributed by atoms with van der Waals surface area (Å²) < 4.78 is 0. The van der Waals surface area contributed by atoms with E-state index in [-0.39, 0.29) is 0 Å². The second-order valence-corrected chi connectivity index (χ2v) is 8.57. The summed E-state index contributed by atoms with van der Waals surface area (Å²) in [6, 6.07) is 0. The van der Waals surface area contributed by atoms with E-state index in [1.807, 2.05) is 0 Å². The van der Waals surface area contributed by atoms with Gasteiger partial charge in [-0.15, -0.1) is 0 Å². The molecule has 146 valence electrons. The maximum atomic E-state index is 11.4. The molecule has 0 aromatic heterocycles. The van der Waals surface area contributed by atoms with Gasteiger partial charge < -0.3 is 10.2 Å². The summed E-state index contributed by atoms with van der Waals surface area (Å²) in [5.74, 6) is 3.30. The molecule has 2 N–H and O–H groups in total. The molecule has 0 radical (unpaired) electrons. The van der Waals surface area contributed by atoms with E-state index in [0.717, 1.165) is 74.4 Å². The Kier molecular flexibility index (Phi) is 16.2. The Morgan fingerprint density at radius 3 is 0.792 bits per heavy atom. The van der Waals surface area contributed by atoms with Crippen LogP contribution in [0.5, 0.6) is 0 Å². The van der Waals surface area contributed by atoms with Crippen LogP contribution in [0.15, 0.2) is 0 Å². The van der Waals surface area contributed by atoms with Crippen molar-refractivity contribution in [2.45, 2.75) is 88.3 Å². The number of unbranched alkanes of at least 4 members (excludes halogenated alkanes) is 4. The van der Waals surface area contributed by atoms with Gasteiger partial charge in [-0.1, -0.05) is 0 Å². The minimum Gasteiger partial charge on any atom is -0.387 e. The molecule has 0 saturated carbocycles. The molecule has 2 nitrogen and oxygen atoms in total. The van der Waals surface area contributed by atoms with Crippen molar-refractivity contribution >= 4 is 50.5 Å². The van der Waals surface area contributed by atoms with Crippen LogP contribution in [0, 0.1) is 0 Å². The van der Waals surface area contributed by atoms with Gasteiger partial charge in [0, 0.05) is 0 Å². The van der Waals surface area contributed by atoms with Gasteiger partial charge in [0.1, 0.15) is 0 Å². The Balaban J connectivity index is 5.08. The average Bonchev–Trinajstić information content (AvgIpc) is 2.56. The molecule has 0 rings (SSSR count). The van der Waals surface area contributed by atoms with Crippen molar-refractivity contribution in [3.05, 3.63) is 0 Å². The highest BCUT2D eigenvalue weighted by atomic mass is 32.1. The number of hydrogen-bond donors (Lipinski definition) is 6. The molecule has 0 heterocycles. The van der Waals surface area contributed by atoms with Gasteiger partial charge in [0.05, 0.1) is 11.2 Å². The maximum absolute atomic E-state index is 11.4. The number of thiol groups is 4. The Bertz CT molecular complexity index is 242. The van der Waals surface area contributed by atoms with Crippen LogP contribution in [-0.4, -0.2) is 44.4 Å². The van der Waals surface area contributed by atoms with Gasteiger partial charge >= 0.3 is 0 Å². The lowest BCUT2D eigenvalue weighted by Crippen LogP contribution is -2.54. The molecule has 0 amide bonds. The minimum atomic E-state index is -1.01. The standard InChI is InChI=1S/C18H38O2S4/c19-17(9-1-5-13-21,10-2-6-14-22)18(20,11-3-7-15-23)12-4-8-16-24/h19-24H,1-16H2. The Morgan fingerprint density at radius 2 is 0.625 bits per heavy atom. The molecular weight excluding hydrogens is 376 g/mol. The van der Waals surface area contributed by atoms with Crippen molar-refractivity contribution in [1.29, 1.82) is 0 Å². The van der Waals surface area contributed by atoms with Gasteiger partial charge in [-0.25, -0.2) is 0 Å². The van der Waals surface area contributed by atoms with Gasteiger partial charge in [-0.3, -0.25) is 0 Å². The molecule has 24 heavy (non-hydrogen) atoms. The van der Waals surface area contributed by atoms with Crippen LogP contribution < -0.4 is 0 Å². The first-order chi connectivity index (χ1) is 11.5. The highest BCUT2D eigenvalue weighted by Gasteiger charge is 2.46. The summed E-state index contributed by atoms with van der Waals surface area (Å²) in [4.78, 5) is 0. The molecule has 0 aliphatic rings. The average molecular weight is 415 g/mol. The van der Waals surface area contributed by atoms with Crippen molar-refractivity contribution in [3.63, 3.8) is 0 Å². The molecule has 0 saturated heterocycles. The predicted molar refractivity (Wildman–Crippen MR) is 121 cm³/mol. The van der Waals surface area contributed by atoms with E-state index in [4.69, 9.17) is 0 Å². The van der Waals surface area contributed by atoms with E-state index in [9.17, 15) is 10.2 Å². The summed E-state index contributed by atoms with van der Waals surface area (Å²) in [7, 11) is 0. The largest absolute Gasteiger partial charge is 0.387 e. The fraction of sp³-hybridized carbons (Fsp3) is 1.00. The second kappa shape index (κ2) is 15.4. The van der Waals surface area contributed by atoms with E-state index in [1.54, 1.807) is 0 Å². The molecular formula is C18H38O2S4. The third kappa shape index (κ3) is 9.86. The summed E-state index contributed by atoms with van der Waals surface area (Å²) in [6.45, 7) is 0. The quantitative estimate of drug-likeness (QED) is 0.152. The second-order valence-electron chi connectivity index (χ2n) is 6.79. The maximum Gasteiger partial charge on any atom is 0.0933 e. The number of rotatable bonds is 17. The molecule has 0 spiro atoms. The lowest BCUT2D eigenvalue weighted by molar-refractivity contribution is -0.170. The highest BCUT2D eigenvalue weighted by molar-refractivity contribution is 7.80. The van der Waals surface area contributed by atoms with Gasteiger partial charge in [0.15, 0.2) is 0 Å². The van der Waals surface area contributed by atoms with Crippen LogP contribution in [0.3, 0.4) is 0 Å². The normalized spacial score (nSPS) is 12.8. The molecule has 0 fully saturated rings. The van der Waals surface area contributed by atoms with Crippen molar-refractivity contribution < 1.29 is 10.2 Å². The van der Waals surface area contributed by atoms with Crippen LogP contribution in [0.25, 0.3) is 0 Å². The molecule has 0 aliphatic heterocycles. The SMILES string of the molecule is OC(CCCCS)(CCCCS)C(O)(CCCCS)CCCCS. The Morgan fingerprint density at radius 1 is 0.417 bits per heavy atom. The highest BCUT2D eigenvalue weighted by Crippen LogP contribution is 2.40. The van der Waals surface area contributed by atoms with Crippen molar-refractivity contribution in [3.8, 4) is 0 Å². The molecule has 0 atom stereocenters. The Labute approximate surface area is 171 Å². The number of aliphatic hydroxyl groups is 2. The van der Waals surface area contributed by atoms with E-state index >= 15 is 0 Å². The van der Waals surface area contributed by atoms with Gasteiger partial charge in [-0.2, -0.15) is 50.5 Å². The summed E-state index contributed by atoms with van der Waals surface area (Å²) in [5, 5.41) is 22.9. The van der Waals surface area contributed by atoms with Gasteiger partial charge in [0.25, 0.3) is 0 Å². The zero-order valence-electron chi connectivity index (χ0n) is 15.0. The van der Waals surface area contributed by atoms with Crippen LogP contribution in [-0.2, 0) is 0 Å². The summed E-state index contributed by atoms with van der Waals surface area (Å²) >= 11 is 17.1. The van der Waals surface area contributed by atoms with E-state index in [0.29, 0.717) is 25.7 Å². The predicted octanol–water partition coefficient (Wildman–Crippen LogP) is 4.85.